The van der Waals surface area contributed by atoms with E-state index in [-0.39, 0.29) is 75.6 Å². The minimum absolute atomic E-state index is 0. The average Bonchev–Trinajstić information content (AvgIpc) is 1.24. The summed E-state index contributed by atoms with van der Waals surface area (Å²) >= 11 is 4.72. The first-order valence-corrected chi connectivity index (χ1v) is 45.5. The maximum Gasteiger partial charge on any atom is 1.00 e. The van der Waals surface area contributed by atoms with Crippen molar-refractivity contribution in [3.63, 3.8) is 0 Å². The molecule has 10 aromatic rings. The van der Waals surface area contributed by atoms with Crippen LogP contribution in [0.4, 0.5) is 50.4 Å². The van der Waals surface area contributed by atoms with E-state index in [0.29, 0.717) is 80.6 Å². The molecule has 3 heterocycles. The first kappa shape index (κ1) is 109. The van der Waals surface area contributed by atoms with E-state index in [1.165, 1.54) is 71.4 Å². The third-order valence-corrected chi connectivity index (χ3v) is 23.5. The Labute approximate surface area is 814 Å². The Morgan fingerprint density at radius 1 is 0.422 bits per heavy atom. The zero-order valence-corrected chi connectivity index (χ0v) is 77.3. The van der Waals surface area contributed by atoms with Crippen LogP contribution in [0.3, 0.4) is 0 Å². The van der Waals surface area contributed by atoms with Gasteiger partial charge in [0, 0.05) is 88.1 Å². The summed E-state index contributed by atoms with van der Waals surface area (Å²) in [5.74, 6) is -8.99. The number of aliphatic hydroxyl groups is 1. The van der Waals surface area contributed by atoms with Crippen molar-refractivity contribution in [3.05, 3.63) is 372 Å². The predicted octanol–water partition coefficient (Wildman–Crippen LogP) is 21.3. The number of anilines is 1. The fraction of sp³-hybridized carbons (Fsp3) is 0.312. The third-order valence-electron chi connectivity index (χ3n) is 23.4. The maximum absolute atomic E-state index is 13.9. The monoisotopic (exact) mass is 1880 g/mol. The molecule has 1 atom stereocenters. The molecule has 15 nitrogen and oxygen atoms in total. The first-order chi connectivity index (χ1) is 64.3. The molecule has 0 saturated carbocycles. The predicted molar refractivity (Wildman–Crippen MR) is 515 cm³/mol. The number of nitrogens with one attached hydrogen (secondary N) is 1. The number of esters is 1. The topological polar surface area (TPSA) is 195 Å². The molecule has 2 amide bonds. The quantitative estimate of drug-likeness (QED) is 0.0130. The number of carbonyl (C=O) groups excluding carboxylic acids is 7. The molecule has 10 aromatic carbocycles. The average molecular weight is 1880 g/mol. The molecule has 0 radical (unpaired) electrons. The summed E-state index contributed by atoms with van der Waals surface area (Å²) in [5.41, 5.74) is 15.5. The van der Waals surface area contributed by atoms with Gasteiger partial charge in [0.1, 0.15) is 52.1 Å². The first-order valence-electron chi connectivity index (χ1n) is 45.1. The molecule has 26 heteroatoms. The van der Waals surface area contributed by atoms with Gasteiger partial charge in [-0.2, -0.15) is 0 Å². The minimum atomic E-state index is -0.907. The summed E-state index contributed by atoms with van der Waals surface area (Å²) in [4.78, 5) is 87.2. The molecule has 2 aliphatic carbocycles. The van der Waals surface area contributed by atoms with Gasteiger partial charge in [-0.3, -0.25) is 24.1 Å². The molecule has 3 aliphatic heterocycles. The van der Waals surface area contributed by atoms with Crippen molar-refractivity contribution < 1.29 is 113 Å². The van der Waals surface area contributed by atoms with Crippen molar-refractivity contribution in [3.8, 4) is 0 Å². The summed E-state index contributed by atoms with van der Waals surface area (Å²) in [6.45, 7) is 16.1. The van der Waals surface area contributed by atoms with Gasteiger partial charge < -0.3 is 35.7 Å². The smallest absolute Gasteiger partial charge is 1.00 e. The number of hydrogen-bond donors (Lipinski definition) is 2. The Morgan fingerprint density at radius 3 is 1.23 bits per heavy atom. The molecule has 0 bridgehead atoms. The third kappa shape index (κ3) is 32.4. The number of rotatable bonds is 26. The molecule has 706 valence electrons. The molecule has 15 rings (SSSR count). The number of halogens is 9. The molecule has 5 aliphatic rings. The van der Waals surface area contributed by atoms with Gasteiger partial charge in [-0.05, 0) is 261 Å². The van der Waals surface area contributed by atoms with Gasteiger partial charge in [0.05, 0.1) is 43.1 Å². The summed E-state index contributed by atoms with van der Waals surface area (Å²) < 4.78 is 130. The van der Waals surface area contributed by atoms with Gasteiger partial charge in [-0.1, -0.05) is 189 Å². The Morgan fingerprint density at radius 2 is 0.822 bits per heavy atom. The van der Waals surface area contributed by atoms with Crippen LogP contribution in [0.1, 0.15) is 211 Å². The number of nitrogens with zero attached hydrogens (tertiary/aromatic N) is 2. The summed E-state index contributed by atoms with van der Waals surface area (Å²) in [6, 6.07) is 64.2. The fourth-order valence-corrected chi connectivity index (χ4v) is 16.8. The van der Waals surface area contributed by atoms with Crippen LogP contribution >= 0.6 is 11.6 Å². The molecule has 135 heavy (non-hydrogen) atoms. The number of ether oxygens (including phenoxy) is 4. The van der Waals surface area contributed by atoms with Crippen LogP contribution < -0.4 is 24.2 Å². The fourth-order valence-electron chi connectivity index (χ4n) is 16.7. The van der Waals surface area contributed by atoms with E-state index in [2.05, 4.69) is 64.3 Å². The van der Waals surface area contributed by atoms with E-state index in [1.807, 2.05) is 97.9 Å². The van der Waals surface area contributed by atoms with E-state index >= 15 is 0 Å². The number of benzene rings is 10. The van der Waals surface area contributed by atoms with E-state index in [1.54, 1.807) is 49.9 Å². The van der Waals surface area contributed by atoms with Crippen LogP contribution in [-0.4, -0.2) is 139 Å². The Balaban J connectivity index is 0.000000236. The maximum atomic E-state index is 13.9. The van der Waals surface area contributed by atoms with Crippen LogP contribution in [0.2, 0.25) is 0 Å². The standard InChI is InChI=1S/C29H28F2O.C27H25F2NO2.C23H24F2N2O3.C23H22F2O3.C4H8O.C3H5ClO2.Al.Li.4H/c1-2-23-18-22(17-20-7-4-3-5-8-20)13-16-25(23)24-14-11-21(12-15-24)19-28(32)29-26(30)9-6-10-27(29)31;28-24-7-4-8-25(29)27(24)26(32)15-19-9-11-21(12-10-19)23-13-14-30(17-22(23)18-31)16-20-5-2-1-3-6-20;1-3-15-14-27(23(29)30-4-2)13-12-18(15)16-8-10-17(11-9-16)26-22(28)21-19(24)6-5-7-20(21)25;1-2-28-23(27)18-7-4-3-6-17(18)16-12-10-15(11-13-16)14-21(26)22-19(24)8-5-9-20(22)25;1-2-4-5-3-1;1-2-6-3(4)5;;;;;;/h3-12,14-15,22H,2,13,16-19H2,1H3;1-12,31H,13-18H2;5-11H,3-4,12-14H2,1-2H3,(H,26,28);5,8-13H,2-4,6-7,14H2,1H3;1-4H2;2H2,1H3;;;;;;/q;;;;;;;+1;;;;-1. The van der Waals surface area contributed by atoms with E-state index in [9.17, 15) is 73.8 Å². The SMILES string of the molecule is C1CCOC1.CCC1=C(c2ccc(CC(=O)c3c(F)cccc3F)cc2)CCC(Cc2ccccc2)C1.CCOC(=O)C1=C(c2ccc(CC(=O)c3c(F)cccc3F)cc2)CCCC1.CCOC(=O)Cl.CCOC(=O)N1CCC(c2ccc(NC(=O)c3c(F)cccc3F)cc2)=C(CC)C1.O=C(Cc1ccc(C2=C(CO)CN(Cc3ccccc3)CC2)cc1)c1c(F)cccc1F.[AlH3].[H-].[Li+]. The summed E-state index contributed by atoms with van der Waals surface area (Å²) in [5, 5.41) is 12.5. The van der Waals surface area contributed by atoms with Gasteiger partial charge in [-0.25, -0.2) is 49.5 Å². The zero-order valence-electron chi connectivity index (χ0n) is 77.5. The van der Waals surface area contributed by atoms with Crippen LogP contribution in [-0.2, 0) is 56.0 Å². The normalized spacial score (nSPS) is 14.6. The minimum Gasteiger partial charge on any atom is -1.00 e. The number of aliphatic hydroxyl groups excluding tert-OH is 1. The second-order valence-corrected chi connectivity index (χ2v) is 32.7. The largest absolute Gasteiger partial charge is 1.00 e. The summed E-state index contributed by atoms with van der Waals surface area (Å²) in [6.07, 6.45) is 13.3. The Kier molecular flexibility index (Phi) is 45.3. The molecule has 1 unspecified atom stereocenters. The van der Waals surface area contributed by atoms with E-state index < -0.39 is 97.5 Å². The van der Waals surface area contributed by atoms with Gasteiger partial charge in [0.15, 0.2) is 34.7 Å². The summed E-state index contributed by atoms with van der Waals surface area (Å²) in [7, 11) is 0. The Bertz CT molecular complexity index is 5500. The van der Waals surface area contributed by atoms with Crippen molar-refractivity contribution in [2.24, 2.45) is 5.92 Å². The van der Waals surface area contributed by atoms with Gasteiger partial charge in [0.25, 0.3) is 5.91 Å². The molecule has 0 aromatic heterocycles. The zero-order chi connectivity index (χ0) is 95.3. The molecular formula is C109H116AlClF8LiN3O12. The molecule has 1 fully saturated rings. The van der Waals surface area contributed by atoms with Crippen molar-refractivity contribution in [2.75, 3.05) is 71.1 Å². The number of carbonyl (C=O) groups is 7. The van der Waals surface area contributed by atoms with Crippen LogP contribution in [0.5, 0.6) is 0 Å². The van der Waals surface area contributed by atoms with Gasteiger partial charge in [-0.15, -0.1) is 0 Å². The van der Waals surface area contributed by atoms with Crippen molar-refractivity contribution >= 4 is 97.7 Å². The number of ketones is 3. The Hall–Kier alpha value is -11.4. The van der Waals surface area contributed by atoms with Gasteiger partial charge >= 0.3 is 36.4 Å². The van der Waals surface area contributed by atoms with Gasteiger partial charge in [0.2, 0.25) is 0 Å². The van der Waals surface area contributed by atoms with Crippen LogP contribution in [0.25, 0.3) is 22.3 Å². The number of hydrogen-bond acceptors (Lipinski definition) is 13. The van der Waals surface area contributed by atoms with Crippen molar-refractivity contribution in [1.29, 1.82) is 0 Å². The second kappa shape index (κ2) is 56.2. The molecule has 2 N–H and O–H groups in total. The molecule has 0 spiro atoms. The molecule has 1 saturated heterocycles. The number of amides is 2. The van der Waals surface area contributed by atoms with Crippen LogP contribution in [0.15, 0.2) is 253 Å². The van der Waals surface area contributed by atoms with Crippen molar-refractivity contribution in [1.82, 2.24) is 9.80 Å². The van der Waals surface area contributed by atoms with E-state index in [0.717, 1.165) is 183 Å². The van der Waals surface area contributed by atoms with Crippen molar-refractivity contribution in [2.45, 2.75) is 150 Å². The second-order valence-electron chi connectivity index (χ2n) is 32.4. The van der Waals surface area contributed by atoms with Crippen LogP contribution in [0, 0.1) is 52.5 Å². The van der Waals surface area contributed by atoms with E-state index in [4.69, 9.17) is 25.8 Å². The number of allylic oxidation sites excluding steroid dienone is 3. The molecular weight excluding hydrogens is 1760 g/mol. The number of Topliss-reactive ketones (excluding diaryl/α,β-unsaturated/α-hetero) is 3.